The number of para-hydroxylation sites is 2. The predicted molar refractivity (Wildman–Crippen MR) is 93.6 cm³/mol. The van der Waals surface area contributed by atoms with Crippen LogP contribution in [0.25, 0.3) is 5.69 Å². The topological polar surface area (TPSA) is 34.0 Å². The van der Waals surface area contributed by atoms with Gasteiger partial charge in [-0.3, -0.25) is 9.36 Å². The largest absolute Gasteiger partial charge is 0.321 e. The Labute approximate surface area is 137 Å². The summed E-state index contributed by atoms with van der Waals surface area (Å²) in [6.07, 6.45) is 0. The monoisotopic (exact) mass is 326 g/mol. The van der Waals surface area contributed by atoms with Gasteiger partial charge in [0.2, 0.25) is 0 Å². The number of nitrogens with zero attached hydrogens (tertiary/aromatic N) is 1. The van der Waals surface area contributed by atoms with E-state index in [9.17, 15) is 4.79 Å². The Morgan fingerprint density at radius 3 is 2.27 bits per heavy atom. The average molecular weight is 326 g/mol. The fraction of sp³-hybridized carbons (Fsp3) is 0.0588. The summed E-state index contributed by atoms with van der Waals surface area (Å²) in [6, 6.07) is 19.2. The fourth-order valence-electron chi connectivity index (χ4n) is 2.24. The maximum absolute atomic E-state index is 12.5. The summed E-state index contributed by atoms with van der Waals surface area (Å²) in [5, 5.41) is 2.90. The summed E-state index contributed by atoms with van der Waals surface area (Å²) < 4.78 is 2.60. The van der Waals surface area contributed by atoms with Crippen LogP contribution in [0.2, 0.25) is 0 Å². The van der Waals surface area contributed by atoms with Crippen molar-refractivity contribution in [2.75, 3.05) is 5.32 Å². The molecule has 0 aliphatic heterocycles. The molecule has 0 fully saturated rings. The summed E-state index contributed by atoms with van der Waals surface area (Å²) in [5.74, 6) is -0.130. The van der Waals surface area contributed by atoms with Crippen molar-refractivity contribution in [1.29, 1.82) is 0 Å². The Morgan fingerprint density at radius 2 is 1.64 bits per heavy atom. The lowest BCUT2D eigenvalue weighted by Gasteiger charge is -2.07. The molecule has 0 bridgehead atoms. The van der Waals surface area contributed by atoms with Crippen LogP contribution in [-0.4, -0.2) is 10.5 Å². The van der Waals surface area contributed by atoms with Crippen molar-refractivity contribution in [2.24, 2.45) is 0 Å². The predicted octanol–water partition coefficient (Wildman–Crippen LogP) is 4.83. The van der Waals surface area contributed by atoms with Crippen LogP contribution in [0, 0.1) is 10.9 Å². The zero-order chi connectivity index (χ0) is 15.5. The molecule has 22 heavy (non-hydrogen) atoms. The first-order chi connectivity index (χ1) is 10.7. The van der Waals surface area contributed by atoms with Gasteiger partial charge in [0.05, 0.1) is 0 Å². The molecule has 0 spiro atoms. The lowest BCUT2D eigenvalue weighted by Crippen LogP contribution is -2.12. The van der Waals surface area contributed by atoms with Crippen LogP contribution in [0.1, 0.15) is 15.4 Å². The molecule has 3 nitrogen and oxygen atoms in total. The van der Waals surface area contributed by atoms with Gasteiger partial charge in [0, 0.05) is 17.1 Å². The number of nitrogens with one attached hydrogen (secondary N) is 1. The molecule has 0 aliphatic rings. The molecule has 0 atom stereocenters. The van der Waals surface area contributed by atoms with Crippen molar-refractivity contribution in [3.05, 3.63) is 75.2 Å². The Kier molecular flexibility index (Phi) is 4.18. The van der Waals surface area contributed by atoms with Crippen molar-refractivity contribution in [1.82, 2.24) is 4.57 Å². The van der Waals surface area contributed by atoms with Crippen molar-refractivity contribution in [2.45, 2.75) is 6.92 Å². The number of hydrogen-bond acceptors (Lipinski definition) is 3. The van der Waals surface area contributed by atoms with Gasteiger partial charge in [0.25, 0.3) is 5.91 Å². The molecule has 0 unspecified atom stereocenters. The molecule has 0 saturated carbocycles. The van der Waals surface area contributed by atoms with Crippen LogP contribution < -0.4 is 5.32 Å². The SMILES string of the molecule is Cc1c(C(=O)Nc2ccccc2)sc(=S)n1-c1ccccc1. The standard InChI is InChI=1S/C17H14N2OS2/c1-12-15(16(20)18-13-8-4-2-5-9-13)22-17(21)19(12)14-10-6-3-7-11-14/h2-11H,1H3,(H,18,20). The fourth-order valence-corrected chi connectivity index (χ4v) is 3.62. The van der Waals surface area contributed by atoms with Gasteiger partial charge in [-0.05, 0) is 43.4 Å². The number of rotatable bonds is 3. The van der Waals surface area contributed by atoms with E-state index in [1.165, 1.54) is 11.3 Å². The molecule has 1 N–H and O–H groups in total. The van der Waals surface area contributed by atoms with Crippen molar-refractivity contribution >= 4 is 35.1 Å². The van der Waals surface area contributed by atoms with Gasteiger partial charge in [0.15, 0.2) is 3.95 Å². The third-order valence-electron chi connectivity index (χ3n) is 3.29. The summed E-state index contributed by atoms with van der Waals surface area (Å²) in [6.45, 7) is 1.92. The van der Waals surface area contributed by atoms with E-state index in [1.54, 1.807) is 0 Å². The van der Waals surface area contributed by atoms with Crippen LogP contribution in [0.4, 0.5) is 5.69 Å². The quantitative estimate of drug-likeness (QED) is 0.700. The number of carbonyl (C=O) groups excluding carboxylic acids is 1. The molecule has 2 aromatic carbocycles. The third kappa shape index (κ3) is 2.86. The smallest absolute Gasteiger partial charge is 0.267 e. The summed E-state index contributed by atoms with van der Waals surface area (Å²) >= 11 is 6.76. The van der Waals surface area contributed by atoms with E-state index in [4.69, 9.17) is 12.2 Å². The maximum Gasteiger partial charge on any atom is 0.267 e. The molecule has 3 aromatic rings. The van der Waals surface area contributed by atoms with Gasteiger partial charge >= 0.3 is 0 Å². The normalized spacial score (nSPS) is 10.4. The third-order valence-corrected chi connectivity index (χ3v) is 4.76. The van der Waals surface area contributed by atoms with Gasteiger partial charge in [-0.1, -0.05) is 47.7 Å². The molecule has 0 aliphatic carbocycles. The van der Waals surface area contributed by atoms with Crippen molar-refractivity contribution in [3.63, 3.8) is 0 Å². The number of hydrogen-bond donors (Lipinski definition) is 1. The number of benzene rings is 2. The van der Waals surface area contributed by atoms with Crippen LogP contribution in [0.5, 0.6) is 0 Å². The zero-order valence-corrected chi connectivity index (χ0v) is 13.6. The molecule has 0 radical (unpaired) electrons. The number of aromatic nitrogens is 1. The molecule has 1 heterocycles. The molecule has 110 valence electrons. The van der Waals surface area contributed by atoms with Crippen LogP contribution >= 0.6 is 23.6 Å². The molecular formula is C17H14N2OS2. The van der Waals surface area contributed by atoms with Crippen molar-refractivity contribution in [3.8, 4) is 5.69 Å². The highest BCUT2D eigenvalue weighted by atomic mass is 32.1. The minimum atomic E-state index is -0.130. The van der Waals surface area contributed by atoms with Crippen LogP contribution in [0.3, 0.4) is 0 Å². The van der Waals surface area contributed by atoms with Crippen LogP contribution in [0.15, 0.2) is 60.7 Å². The van der Waals surface area contributed by atoms with Gasteiger partial charge in [-0.2, -0.15) is 0 Å². The molecule has 0 saturated heterocycles. The highest BCUT2D eigenvalue weighted by Gasteiger charge is 2.17. The highest BCUT2D eigenvalue weighted by molar-refractivity contribution is 7.73. The minimum Gasteiger partial charge on any atom is -0.321 e. The number of amides is 1. The summed E-state index contributed by atoms with van der Waals surface area (Å²) in [4.78, 5) is 13.1. The summed E-state index contributed by atoms with van der Waals surface area (Å²) in [5.41, 5.74) is 2.60. The molecule has 5 heteroatoms. The van der Waals surface area contributed by atoms with E-state index in [2.05, 4.69) is 5.32 Å². The molecule has 3 rings (SSSR count). The van der Waals surface area contributed by atoms with Crippen molar-refractivity contribution < 1.29 is 4.79 Å². The lowest BCUT2D eigenvalue weighted by atomic mass is 10.3. The van der Waals surface area contributed by atoms with E-state index >= 15 is 0 Å². The van der Waals surface area contributed by atoms with E-state index in [0.29, 0.717) is 8.83 Å². The van der Waals surface area contributed by atoms with Gasteiger partial charge in [-0.15, -0.1) is 0 Å². The molecule has 1 aromatic heterocycles. The maximum atomic E-state index is 12.5. The molecule has 1 amide bonds. The second-order valence-electron chi connectivity index (χ2n) is 4.77. The minimum absolute atomic E-state index is 0.130. The van der Waals surface area contributed by atoms with Crippen LogP contribution in [-0.2, 0) is 0 Å². The Balaban J connectivity index is 1.96. The second-order valence-corrected chi connectivity index (χ2v) is 6.42. The number of anilines is 1. The average Bonchev–Trinajstić information content (AvgIpc) is 2.84. The second kappa shape index (κ2) is 6.25. The van der Waals surface area contributed by atoms with Gasteiger partial charge < -0.3 is 5.32 Å². The first kappa shape index (κ1) is 14.7. The summed E-state index contributed by atoms with van der Waals surface area (Å²) in [7, 11) is 0. The Hall–Kier alpha value is -2.24. The van der Waals surface area contributed by atoms with E-state index in [-0.39, 0.29) is 5.91 Å². The van der Waals surface area contributed by atoms with Gasteiger partial charge in [-0.25, -0.2) is 0 Å². The zero-order valence-electron chi connectivity index (χ0n) is 11.9. The number of carbonyl (C=O) groups is 1. The first-order valence-corrected chi connectivity index (χ1v) is 8.03. The van der Waals surface area contributed by atoms with Gasteiger partial charge in [0.1, 0.15) is 4.88 Å². The Morgan fingerprint density at radius 1 is 1.05 bits per heavy atom. The van der Waals surface area contributed by atoms with E-state index in [0.717, 1.165) is 17.1 Å². The highest BCUT2D eigenvalue weighted by Crippen LogP contribution is 2.24. The lowest BCUT2D eigenvalue weighted by molar-refractivity contribution is 0.102. The van der Waals surface area contributed by atoms with E-state index in [1.807, 2.05) is 72.2 Å². The molecular weight excluding hydrogens is 312 g/mol. The first-order valence-electron chi connectivity index (χ1n) is 6.81. The number of thiazole rings is 1. The Bertz CT molecular complexity index is 851. The van der Waals surface area contributed by atoms with E-state index < -0.39 is 0 Å².